The van der Waals surface area contributed by atoms with Crippen LogP contribution in [-0.2, 0) is 0 Å². The number of pyridine rings is 1. The minimum atomic E-state index is -0.465. The van der Waals surface area contributed by atoms with Gasteiger partial charge in [-0.2, -0.15) is 0 Å². The number of anilines is 1. The minimum Gasteiger partial charge on any atom is -0.492 e. The number of ether oxygens (including phenoxy) is 1. The van der Waals surface area contributed by atoms with Gasteiger partial charge in [0.2, 0.25) is 0 Å². The predicted octanol–water partition coefficient (Wildman–Crippen LogP) is 3.44. The van der Waals surface area contributed by atoms with E-state index in [1.165, 1.54) is 12.3 Å². The van der Waals surface area contributed by atoms with Gasteiger partial charge in [-0.1, -0.05) is 11.6 Å². The van der Waals surface area contributed by atoms with E-state index in [-0.39, 0.29) is 5.69 Å². The molecule has 0 atom stereocenters. The van der Waals surface area contributed by atoms with E-state index in [9.17, 15) is 10.1 Å². The van der Waals surface area contributed by atoms with Crippen molar-refractivity contribution >= 4 is 23.1 Å². The number of nitro groups is 1. The van der Waals surface area contributed by atoms with Crippen LogP contribution in [-0.4, -0.2) is 23.1 Å². The summed E-state index contributed by atoms with van der Waals surface area (Å²) >= 11 is 5.78. The van der Waals surface area contributed by atoms with Crippen LogP contribution in [0.15, 0.2) is 36.5 Å². The molecular weight excluding hydrogens is 294 g/mol. The lowest BCUT2D eigenvalue weighted by molar-refractivity contribution is -0.385. The first-order valence-corrected chi connectivity index (χ1v) is 6.67. The lowest BCUT2D eigenvalue weighted by Crippen LogP contribution is -2.13. The van der Waals surface area contributed by atoms with Gasteiger partial charge in [0, 0.05) is 11.1 Å². The first kappa shape index (κ1) is 15.1. The maximum absolute atomic E-state index is 10.6. The molecule has 6 nitrogen and oxygen atoms in total. The first-order valence-electron chi connectivity index (χ1n) is 6.29. The second-order valence-corrected chi connectivity index (χ2v) is 4.78. The summed E-state index contributed by atoms with van der Waals surface area (Å²) in [4.78, 5) is 14.2. The van der Waals surface area contributed by atoms with Crippen molar-refractivity contribution in [2.45, 2.75) is 6.92 Å². The number of nitrogens with one attached hydrogen (secondary N) is 1. The quantitative estimate of drug-likeness (QED) is 0.502. The van der Waals surface area contributed by atoms with Crippen molar-refractivity contribution in [3.8, 4) is 5.75 Å². The van der Waals surface area contributed by atoms with Crippen LogP contribution >= 0.6 is 11.6 Å². The third kappa shape index (κ3) is 4.32. The van der Waals surface area contributed by atoms with Crippen molar-refractivity contribution in [1.29, 1.82) is 0 Å². The molecule has 0 bridgehead atoms. The van der Waals surface area contributed by atoms with Crippen molar-refractivity contribution in [2.75, 3.05) is 18.5 Å². The number of hydrogen-bond acceptors (Lipinski definition) is 5. The Labute approximate surface area is 126 Å². The van der Waals surface area contributed by atoms with Crippen LogP contribution in [0.1, 0.15) is 5.56 Å². The van der Waals surface area contributed by atoms with Crippen LogP contribution in [0.5, 0.6) is 5.75 Å². The normalized spacial score (nSPS) is 10.2. The van der Waals surface area contributed by atoms with Crippen molar-refractivity contribution in [3.63, 3.8) is 0 Å². The van der Waals surface area contributed by atoms with E-state index in [0.29, 0.717) is 24.0 Å². The summed E-state index contributed by atoms with van der Waals surface area (Å²) in [5.74, 6) is 1.34. The van der Waals surface area contributed by atoms with E-state index in [1.54, 1.807) is 31.2 Å². The van der Waals surface area contributed by atoms with Crippen molar-refractivity contribution < 1.29 is 9.66 Å². The molecule has 0 aliphatic carbocycles. The van der Waals surface area contributed by atoms with Gasteiger partial charge in [0.15, 0.2) is 0 Å². The molecule has 0 fully saturated rings. The molecule has 0 unspecified atom stereocenters. The summed E-state index contributed by atoms with van der Waals surface area (Å²) in [5, 5.41) is 14.4. The van der Waals surface area contributed by atoms with Gasteiger partial charge in [0.1, 0.15) is 24.4 Å². The van der Waals surface area contributed by atoms with Crippen LogP contribution in [0.25, 0.3) is 0 Å². The number of nitrogens with zero attached hydrogens (tertiary/aromatic N) is 2. The van der Waals surface area contributed by atoms with Crippen LogP contribution in [0.2, 0.25) is 5.02 Å². The summed E-state index contributed by atoms with van der Waals surface area (Å²) < 4.78 is 5.53. The van der Waals surface area contributed by atoms with Gasteiger partial charge in [-0.3, -0.25) is 10.1 Å². The van der Waals surface area contributed by atoms with Gasteiger partial charge in [-0.15, -0.1) is 0 Å². The topological polar surface area (TPSA) is 77.3 Å². The average molecular weight is 308 g/mol. The summed E-state index contributed by atoms with van der Waals surface area (Å²) in [6.07, 6.45) is 1.23. The van der Waals surface area contributed by atoms with Gasteiger partial charge < -0.3 is 10.1 Å². The smallest absolute Gasteiger partial charge is 0.287 e. The van der Waals surface area contributed by atoms with Crippen LogP contribution in [0.3, 0.4) is 0 Å². The molecule has 0 radical (unpaired) electrons. The van der Waals surface area contributed by atoms with E-state index in [2.05, 4.69) is 10.3 Å². The molecule has 110 valence electrons. The standard InChI is InChI=1S/C14H14ClN3O3/c1-10-8-12(18(19)20)9-17-14(10)16-6-7-21-13-4-2-11(15)3-5-13/h2-5,8-9H,6-7H2,1H3,(H,16,17). The molecule has 2 aromatic rings. The summed E-state index contributed by atoms with van der Waals surface area (Å²) in [6, 6.07) is 8.57. The Balaban J connectivity index is 1.83. The lowest BCUT2D eigenvalue weighted by Gasteiger charge is -2.09. The lowest BCUT2D eigenvalue weighted by atomic mass is 10.2. The second kappa shape index (κ2) is 6.90. The number of rotatable bonds is 6. The highest BCUT2D eigenvalue weighted by atomic mass is 35.5. The van der Waals surface area contributed by atoms with Gasteiger partial charge in [0.25, 0.3) is 5.69 Å². The molecule has 1 aromatic heterocycles. The van der Waals surface area contributed by atoms with Crippen molar-refractivity contribution in [2.24, 2.45) is 0 Å². The zero-order valence-corrected chi connectivity index (χ0v) is 12.1. The van der Waals surface area contributed by atoms with Crippen LogP contribution < -0.4 is 10.1 Å². The summed E-state index contributed by atoms with van der Waals surface area (Å²) in [5.41, 5.74) is 0.700. The summed E-state index contributed by atoms with van der Waals surface area (Å²) in [6.45, 7) is 2.75. The van der Waals surface area contributed by atoms with E-state index in [4.69, 9.17) is 16.3 Å². The Hall–Kier alpha value is -2.34. The molecule has 1 N–H and O–H groups in total. The van der Waals surface area contributed by atoms with Crippen LogP contribution in [0, 0.1) is 17.0 Å². The number of aromatic nitrogens is 1. The Morgan fingerprint density at radius 2 is 2.10 bits per heavy atom. The zero-order chi connectivity index (χ0) is 15.2. The van der Waals surface area contributed by atoms with Crippen molar-refractivity contribution in [1.82, 2.24) is 4.98 Å². The van der Waals surface area contributed by atoms with E-state index >= 15 is 0 Å². The molecule has 1 aromatic carbocycles. The molecule has 0 aliphatic heterocycles. The predicted molar refractivity (Wildman–Crippen MR) is 81.1 cm³/mol. The van der Waals surface area contributed by atoms with Gasteiger partial charge in [0.05, 0.1) is 11.5 Å². The molecule has 0 saturated heterocycles. The highest BCUT2D eigenvalue weighted by Gasteiger charge is 2.08. The SMILES string of the molecule is Cc1cc([N+](=O)[O-])cnc1NCCOc1ccc(Cl)cc1. The molecule has 0 amide bonds. The third-order valence-electron chi connectivity index (χ3n) is 2.75. The summed E-state index contributed by atoms with van der Waals surface area (Å²) in [7, 11) is 0. The molecule has 21 heavy (non-hydrogen) atoms. The van der Waals surface area contributed by atoms with Gasteiger partial charge >= 0.3 is 0 Å². The largest absolute Gasteiger partial charge is 0.492 e. The molecular formula is C14H14ClN3O3. The second-order valence-electron chi connectivity index (χ2n) is 4.35. The van der Waals surface area contributed by atoms with E-state index in [0.717, 1.165) is 11.3 Å². The molecule has 0 saturated carbocycles. The number of hydrogen-bond donors (Lipinski definition) is 1. The number of aryl methyl sites for hydroxylation is 1. The van der Waals surface area contributed by atoms with Gasteiger partial charge in [-0.05, 0) is 36.8 Å². The van der Waals surface area contributed by atoms with Gasteiger partial charge in [-0.25, -0.2) is 4.98 Å². The average Bonchev–Trinajstić information content (AvgIpc) is 2.46. The van der Waals surface area contributed by atoms with E-state index < -0.39 is 4.92 Å². The Morgan fingerprint density at radius 3 is 2.71 bits per heavy atom. The number of halogens is 1. The van der Waals surface area contributed by atoms with E-state index in [1.807, 2.05) is 0 Å². The molecule has 0 aliphatic rings. The highest BCUT2D eigenvalue weighted by Crippen LogP contribution is 2.18. The maximum Gasteiger partial charge on any atom is 0.287 e. The molecule has 2 rings (SSSR count). The molecule has 7 heteroatoms. The Bertz CT molecular complexity index is 632. The fraction of sp³-hybridized carbons (Fsp3) is 0.214. The monoisotopic (exact) mass is 307 g/mol. The van der Waals surface area contributed by atoms with Crippen LogP contribution in [0.4, 0.5) is 11.5 Å². The molecule has 1 heterocycles. The molecule has 0 spiro atoms. The third-order valence-corrected chi connectivity index (χ3v) is 3.00. The Kier molecular flexibility index (Phi) is 4.94. The number of benzene rings is 1. The minimum absolute atomic E-state index is 0.0181. The fourth-order valence-electron chi connectivity index (χ4n) is 1.71. The first-order chi connectivity index (χ1) is 10.1. The maximum atomic E-state index is 10.6. The zero-order valence-electron chi connectivity index (χ0n) is 11.4. The Morgan fingerprint density at radius 1 is 1.38 bits per heavy atom. The fourth-order valence-corrected chi connectivity index (χ4v) is 1.84. The van der Waals surface area contributed by atoms with Crippen molar-refractivity contribution in [3.05, 3.63) is 57.2 Å². The highest BCUT2D eigenvalue weighted by molar-refractivity contribution is 6.30.